The molecule has 0 saturated heterocycles. The number of para-hydroxylation sites is 1. The summed E-state index contributed by atoms with van der Waals surface area (Å²) in [7, 11) is 4.95. The van der Waals surface area contributed by atoms with E-state index in [2.05, 4.69) is 32.7 Å². The quantitative estimate of drug-likeness (QED) is 0.312. The minimum Gasteiger partial charge on any atom is -0.496 e. The molecule has 0 atom stereocenters. The number of halogens is 1. The standard InChI is InChI=1S/C21H22BrN3O3S/c1-5-10-25-20(15-8-6-7-9-17(15)26-2)23-24-21(25)29-13-14-11-19(28-4)16(22)12-18(14)27-3/h5-9,11-12H,1,10,13H2,2-4H3. The van der Waals surface area contributed by atoms with Crippen LogP contribution in [0, 0.1) is 0 Å². The van der Waals surface area contributed by atoms with Gasteiger partial charge in [-0.2, -0.15) is 0 Å². The number of aromatic nitrogens is 3. The number of hydrogen-bond donors (Lipinski definition) is 0. The van der Waals surface area contributed by atoms with Gasteiger partial charge in [0.15, 0.2) is 11.0 Å². The summed E-state index contributed by atoms with van der Waals surface area (Å²) in [5, 5.41) is 9.61. The molecule has 0 aliphatic heterocycles. The second-order valence-corrected chi connectivity index (χ2v) is 7.79. The maximum absolute atomic E-state index is 5.52. The van der Waals surface area contributed by atoms with Crippen molar-refractivity contribution in [3.63, 3.8) is 0 Å². The first kappa shape index (κ1) is 21.3. The molecule has 0 amide bonds. The topological polar surface area (TPSA) is 58.4 Å². The van der Waals surface area contributed by atoms with Crippen molar-refractivity contribution in [3.05, 3.63) is 59.1 Å². The largest absolute Gasteiger partial charge is 0.496 e. The van der Waals surface area contributed by atoms with Crippen LogP contribution in [0.15, 0.2) is 58.7 Å². The number of rotatable bonds is 9. The molecule has 3 aromatic rings. The molecule has 0 spiro atoms. The van der Waals surface area contributed by atoms with Crippen molar-refractivity contribution in [3.8, 4) is 28.6 Å². The van der Waals surface area contributed by atoms with E-state index in [1.165, 1.54) is 0 Å². The summed E-state index contributed by atoms with van der Waals surface area (Å²) in [6, 6.07) is 11.6. The molecule has 1 aromatic heterocycles. The Morgan fingerprint density at radius 3 is 2.45 bits per heavy atom. The number of benzene rings is 2. The highest BCUT2D eigenvalue weighted by Crippen LogP contribution is 2.37. The fourth-order valence-corrected chi connectivity index (χ4v) is 4.31. The van der Waals surface area contributed by atoms with Gasteiger partial charge in [0.05, 0.1) is 31.4 Å². The van der Waals surface area contributed by atoms with E-state index in [4.69, 9.17) is 14.2 Å². The Morgan fingerprint density at radius 1 is 1.03 bits per heavy atom. The lowest BCUT2D eigenvalue weighted by Gasteiger charge is -2.13. The van der Waals surface area contributed by atoms with E-state index in [-0.39, 0.29) is 0 Å². The Balaban J connectivity index is 1.93. The minimum atomic E-state index is 0.587. The highest BCUT2D eigenvalue weighted by molar-refractivity contribution is 9.10. The van der Waals surface area contributed by atoms with Crippen molar-refractivity contribution in [1.29, 1.82) is 0 Å². The Kier molecular flexibility index (Phi) is 7.22. The highest BCUT2D eigenvalue weighted by atomic mass is 79.9. The molecule has 0 fully saturated rings. The zero-order chi connectivity index (χ0) is 20.8. The molecule has 8 heteroatoms. The molecule has 1 heterocycles. The van der Waals surface area contributed by atoms with E-state index in [9.17, 15) is 0 Å². The smallest absolute Gasteiger partial charge is 0.192 e. The monoisotopic (exact) mass is 475 g/mol. The molecule has 0 aliphatic rings. The second-order valence-electron chi connectivity index (χ2n) is 5.99. The van der Waals surface area contributed by atoms with Crippen LogP contribution >= 0.6 is 27.7 Å². The van der Waals surface area contributed by atoms with Gasteiger partial charge in [-0.25, -0.2) is 0 Å². The third-order valence-corrected chi connectivity index (χ3v) is 5.92. The minimum absolute atomic E-state index is 0.587. The van der Waals surface area contributed by atoms with Crippen LogP contribution in [-0.4, -0.2) is 36.1 Å². The lowest BCUT2D eigenvalue weighted by Crippen LogP contribution is -2.02. The Hall–Kier alpha value is -2.45. The molecule has 2 aromatic carbocycles. The normalized spacial score (nSPS) is 10.6. The molecule has 0 radical (unpaired) electrons. The van der Waals surface area contributed by atoms with E-state index < -0.39 is 0 Å². The van der Waals surface area contributed by atoms with Crippen molar-refractivity contribution in [2.45, 2.75) is 17.5 Å². The average Bonchev–Trinajstić information content (AvgIpc) is 3.15. The molecular weight excluding hydrogens is 454 g/mol. The van der Waals surface area contributed by atoms with Gasteiger partial charge in [-0.1, -0.05) is 30.0 Å². The molecular formula is C21H22BrN3O3S. The summed E-state index contributed by atoms with van der Waals surface area (Å²) in [5.74, 6) is 3.67. The predicted octanol–water partition coefficient (Wildman–Crippen LogP) is 5.21. The second kappa shape index (κ2) is 9.84. The number of methoxy groups -OCH3 is 3. The van der Waals surface area contributed by atoms with Gasteiger partial charge in [0.1, 0.15) is 17.2 Å². The number of nitrogens with zero attached hydrogens (tertiary/aromatic N) is 3. The molecule has 3 rings (SSSR count). The molecule has 6 nitrogen and oxygen atoms in total. The van der Waals surface area contributed by atoms with Crippen LogP contribution in [0.1, 0.15) is 5.56 Å². The van der Waals surface area contributed by atoms with Crippen molar-refractivity contribution in [2.75, 3.05) is 21.3 Å². The average molecular weight is 476 g/mol. The first-order valence-corrected chi connectivity index (χ1v) is 10.6. The van der Waals surface area contributed by atoms with Crippen LogP contribution in [0.2, 0.25) is 0 Å². The number of thioether (sulfide) groups is 1. The summed E-state index contributed by atoms with van der Waals surface area (Å²) in [4.78, 5) is 0. The lowest BCUT2D eigenvalue weighted by atomic mass is 10.2. The van der Waals surface area contributed by atoms with Crippen LogP contribution < -0.4 is 14.2 Å². The third kappa shape index (κ3) is 4.59. The van der Waals surface area contributed by atoms with Crippen LogP contribution in [-0.2, 0) is 12.3 Å². The number of ether oxygens (including phenoxy) is 3. The summed E-state index contributed by atoms with van der Waals surface area (Å²) < 4.78 is 19.3. The zero-order valence-corrected chi connectivity index (χ0v) is 18.9. The molecule has 0 saturated carbocycles. The number of hydrogen-bond acceptors (Lipinski definition) is 6. The van der Waals surface area contributed by atoms with Gasteiger partial charge in [-0.15, -0.1) is 16.8 Å². The SMILES string of the molecule is C=CCn1c(SCc2cc(OC)c(Br)cc2OC)nnc1-c1ccccc1OC. The lowest BCUT2D eigenvalue weighted by molar-refractivity contribution is 0.398. The first-order valence-electron chi connectivity index (χ1n) is 8.83. The van der Waals surface area contributed by atoms with Crippen LogP contribution in [0.3, 0.4) is 0 Å². The third-order valence-electron chi connectivity index (χ3n) is 4.29. The summed E-state index contributed by atoms with van der Waals surface area (Å²) in [6.07, 6.45) is 1.83. The van der Waals surface area contributed by atoms with Crippen LogP contribution in [0.25, 0.3) is 11.4 Å². The molecule has 152 valence electrons. The van der Waals surface area contributed by atoms with Crippen LogP contribution in [0.4, 0.5) is 0 Å². The van der Waals surface area contributed by atoms with E-state index >= 15 is 0 Å². The van der Waals surface area contributed by atoms with Gasteiger partial charge in [-0.05, 0) is 40.2 Å². The summed E-state index contributed by atoms with van der Waals surface area (Å²) >= 11 is 5.07. The Labute approximate surface area is 183 Å². The van der Waals surface area contributed by atoms with Gasteiger partial charge in [0.2, 0.25) is 0 Å². The summed E-state index contributed by atoms with van der Waals surface area (Å²) in [5.41, 5.74) is 1.89. The zero-order valence-electron chi connectivity index (χ0n) is 16.5. The molecule has 0 N–H and O–H groups in total. The van der Waals surface area contributed by atoms with Crippen molar-refractivity contribution in [2.24, 2.45) is 0 Å². The predicted molar refractivity (Wildman–Crippen MR) is 119 cm³/mol. The fraction of sp³-hybridized carbons (Fsp3) is 0.238. The van der Waals surface area contributed by atoms with Gasteiger partial charge in [-0.3, -0.25) is 4.57 Å². The van der Waals surface area contributed by atoms with Gasteiger partial charge >= 0.3 is 0 Å². The van der Waals surface area contributed by atoms with E-state index in [0.29, 0.717) is 12.3 Å². The van der Waals surface area contributed by atoms with E-state index in [1.54, 1.807) is 33.1 Å². The molecule has 0 aliphatic carbocycles. The summed E-state index contributed by atoms with van der Waals surface area (Å²) in [6.45, 7) is 4.46. The van der Waals surface area contributed by atoms with Gasteiger partial charge in [0.25, 0.3) is 0 Å². The Bertz CT molecular complexity index is 1010. The van der Waals surface area contributed by atoms with E-state index in [1.807, 2.05) is 47.0 Å². The van der Waals surface area contributed by atoms with Crippen molar-refractivity contribution in [1.82, 2.24) is 14.8 Å². The molecule has 29 heavy (non-hydrogen) atoms. The Morgan fingerprint density at radius 2 is 1.76 bits per heavy atom. The fourth-order valence-electron chi connectivity index (χ4n) is 2.90. The van der Waals surface area contributed by atoms with Crippen LogP contribution in [0.5, 0.6) is 17.2 Å². The molecule has 0 bridgehead atoms. The first-order chi connectivity index (χ1) is 14.1. The van der Waals surface area contributed by atoms with Gasteiger partial charge < -0.3 is 14.2 Å². The maximum atomic E-state index is 5.52. The number of allylic oxidation sites excluding steroid dienone is 1. The van der Waals surface area contributed by atoms with E-state index in [0.717, 1.165) is 43.8 Å². The van der Waals surface area contributed by atoms with Crippen molar-refractivity contribution >= 4 is 27.7 Å². The van der Waals surface area contributed by atoms with Gasteiger partial charge in [0, 0.05) is 17.9 Å². The highest BCUT2D eigenvalue weighted by Gasteiger charge is 2.18. The maximum Gasteiger partial charge on any atom is 0.192 e. The van der Waals surface area contributed by atoms with Crippen molar-refractivity contribution < 1.29 is 14.2 Å². The molecule has 0 unspecified atom stereocenters.